The fourth-order valence-electron chi connectivity index (χ4n) is 3.84. The number of sulfonamides is 1. The van der Waals surface area contributed by atoms with Crippen molar-refractivity contribution in [1.82, 2.24) is 4.31 Å². The molecule has 1 fully saturated rings. The Morgan fingerprint density at radius 1 is 0.857 bits per heavy atom. The molecule has 0 N–H and O–H groups in total. The molecule has 3 aliphatic heterocycles. The Morgan fingerprint density at radius 3 is 2.46 bits per heavy atom. The van der Waals surface area contributed by atoms with Crippen LogP contribution in [0.2, 0.25) is 0 Å². The van der Waals surface area contributed by atoms with Gasteiger partial charge >= 0.3 is 0 Å². The van der Waals surface area contributed by atoms with Crippen LogP contribution in [0.1, 0.15) is 24.3 Å². The maximum atomic E-state index is 13.2. The quantitative estimate of drug-likeness (QED) is 0.785. The van der Waals surface area contributed by atoms with E-state index in [2.05, 4.69) is 0 Å². The van der Waals surface area contributed by atoms with Crippen LogP contribution in [-0.2, 0) is 10.0 Å². The van der Waals surface area contributed by atoms with Crippen molar-refractivity contribution in [2.45, 2.75) is 23.7 Å². The summed E-state index contributed by atoms with van der Waals surface area (Å²) < 4.78 is 49.9. The molecule has 0 amide bonds. The molecule has 0 spiro atoms. The first-order valence-corrected chi connectivity index (χ1v) is 10.8. The maximum absolute atomic E-state index is 13.2. The summed E-state index contributed by atoms with van der Waals surface area (Å²) in [5.41, 5.74) is 1.07. The van der Waals surface area contributed by atoms with Crippen molar-refractivity contribution >= 4 is 10.0 Å². The largest absolute Gasteiger partial charge is 0.490 e. The topological polar surface area (TPSA) is 74.3 Å². The number of rotatable bonds is 3. The molecule has 5 rings (SSSR count). The molecular formula is C20H21NO6S. The highest BCUT2D eigenvalue weighted by Gasteiger charge is 2.34. The Labute approximate surface area is 163 Å². The number of benzene rings is 2. The molecule has 7 nitrogen and oxygen atoms in total. The second-order valence-electron chi connectivity index (χ2n) is 7.12. The molecule has 0 unspecified atom stereocenters. The highest BCUT2D eigenvalue weighted by Crippen LogP contribution is 2.39. The predicted octanol–water partition coefficient (Wildman–Crippen LogP) is 2.75. The molecule has 0 radical (unpaired) electrons. The van der Waals surface area contributed by atoms with Gasteiger partial charge in [-0.1, -0.05) is 6.07 Å². The van der Waals surface area contributed by atoms with Crippen LogP contribution in [0.4, 0.5) is 0 Å². The van der Waals surface area contributed by atoms with Gasteiger partial charge in [-0.25, -0.2) is 8.42 Å². The van der Waals surface area contributed by atoms with Crippen LogP contribution in [0.15, 0.2) is 41.3 Å². The highest BCUT2D eigenvalue weighted by atomic mass is 32.2. The van der Waals surface area contributed by atoms with E-state index in [1.165, 1.54) is 0 Å². The molecule has 1 saturated heterocycles. The summed E-state index contributed by atoms with van der Waals surface area (Å²) in [7, 11) is -3.59. The van der Waals surface area contributed by atoms with E-state index >= 15 is 0 Å². The molecular weight excluding hydrogens is 382 g/mol. The van der Waals surface area contributed by atoms with Crippen molar-refractivity contribution in [3.63, 3.8) is 0 Å². The molecule has 0 bridgehead atoms. The summed E-state index contributed by atoms with van der Waals surface area (Å²) in [6, 6.07) is 10.7. The van der Waals surface area contributed by atoms with Crippen molar-refractivity contribution in [2.75, 3.05) is 33.1 Å². The Hall–Kier alpha value is -2.45. The summed E-state index contributed by atoms with van der Waals surface area (Å²) in [4.78, 5) is 0.239. The molecule has 2 aromatic rings. The van der Waals surface area contributed by atoms with Crippen LogP contribution >= 0.6 is 0 Å². The maximum Gasteiger partial charge on any atom is 0.243 e. The smallest absolute Gasteiger partial charge is 0.243 e. The predicted molar refractivity (Wildman–Crippen MR) is 101 cm³/mol. The zero-order chi connectivity index (χ0) is 19.1. The second-order valence-corrected chi connectivity index (χ2v) is 9.06. The summed E-state index contributed by atoms with van der Waals surface area (Å²) in [5.74, 6) is 2.67. The molecule has 8 heteroatoms. The molecule has 28 heavy (non-hydrogen) atoms. The van der Waals surface area contributed by atoms with E-state index < -0.39 is 10.0 Å². The molecule has 0 aromatic heterocycles. The number of hydrogen-bond donors (Lipinski definition) is 0. The van der Waals surface area contributed by atoms with Gasteiger partial charge < -0.3 is 18.9 Å². The van der Waals surface area contributed by atoms with Gasteiger partial charge in [-0.15, -0.1) is 0 Å². The highest BCUT2D eigenvalue weighted by molar-refractivity contribution is 7.89. The lowest BCUT2D eigenvalue weighted by Gasteiger charge is -2.18. The number of ether oxygens (including phenoxy) is 4. The van der Waals surface area contributed by atoms with Gasteiger partial charge in [0.15, 0.2) is 23.0 Å². The molecule has 3 heterocycles. The van der Waals surface area contributed by atoms with Gasteiger partial charge in [0, 0.05) is 25.6 Å². The van der Waals surface area contributed by atoms with Gasteiger partial charge in [0.05, 0.1) is 18.1 Å². The molecule has 2 aromatic carbocycles. The zero-order valence-electron chi connectivity index (χ0n) is 15.3. The van der Waals surface area contributed by atoms with Crippen molar-refractivity contribution in [3.8, 4) is 23.0 Å². The monoisotopic (exact) mass is 403 g/mol. The van der Waals surface area contributed by atoms with Crippen molar-refractivity contribution in [2.24, 2.45) is 0 Å². The molecule has 3 aliphatic rings. The standard InChI is InChI=1S/C20H21NO6S/c22-28(23,16-3-5-17-20(11-16)25-9-1-8-24-17)21-7-6-15(12-21)14-2-4-18-19(10-14)27-13-26-18/h2-5,10-11,15H,1,6-9,12-13H2/t15-/m0/s1. The lowest BCUT2D eigenvalue weighted by molar-refractivity contribution is 0.174. The Bertz CT molecular complexity index is 1010. The van der Waals surface area contributed by atoms with Crippen LogP contribution in [0.3, 0.4) is 0 Å². The first kappa shape index (κ1) is 17.6. The zero-order valence-corrected chi connectivity index (χ0v) is 16.1. The lowest BCUT2D eigenvalue weighted by Crippen LogP contribution is -2.28. The molecule has 0 saturated carbocycles. The fourth-order valence-corrected chi connectivity index (χ4v) is 5.35. The van der Waals surface area contributed by atoms with Crippen LogP contribution in [0.25, 0.3) is 0 Å². The minimum atomic E-state index is -3.59. The third-order valence-electron chi connectivity index (χ3n) is 5.38. The van der Waals surface area contributed by atoms with Gasteiger partial charge in [0.1, 0.15) is 0 Å². The summed E-state index contributed by atoms with van der Waals surface area (Å²) in [6.45, 7) is 2.25. The van der Waals surface area contributed by atoms with Crippen molar-refractivity contribution < 1.29 is 27.4 Å². The van der Waals surface area contributed by atoms with E-state index in [1.54, 1.807) is 22.5 Å². The van der Waals surface area contributed by atoms with E-state index in [9.17, 15) is 8.42 Å². The van der Waals surface area contributed by atoms with Crippen molar-refractivity contribution in [3.05, 3.63) is 42.0 Å². The Kier molecular flexibility index (Phi) is 4.32. The minimum Gasteiger partial charge on any atom is -0.490 e. The first-order valence-electron chi connectivity index (χ1n) is 9.40. The van der Waals surface area contributed by atoms with Crippen LogP contribution in [0.5, 0.6) is 23.0 Å². The van der Waals surface area contributed by atoms with Crippen LogP contribution in [-0.4, -0.2) is 45.8 Å². The second kappa shape index (κ2) is 6.86. The fraction of sp³-hybridized carbons (Fsp3) is 0.400. The summed E-state index contributed by atoms with van der Waals surface area (Å²) >= 11 is 0. The average Bonchev–Trinajstić information content (AvgIpc) is 3.32. The normalized spacial score (nSPS) is 21.5. The van der Waals surface area contributed by atoms with E-state index in [1.807, 2.05) is 18.2 Å². The number of nitrogens with zero attached hydrogens (tertiary/aromatic N) is 1. The number of hydrogen-bond acceptors (Lipinski definition) is 6. The molecule has 1 atom stereocenters. The minimum absolute atomic E-state index is 0.129. The molecule has 148 valence electrons. The SMILES string of the molecule is O=S(=O)(c1ccc2c(c1)OCCCO2)N1CC[C@H](c2ccc3c(c2)OCO3)C1. The molecule has 0 aliphatic carbocycles. The van der Waals surface area contributed by atoms with E-state index in [0.29, 0.717) is 37.8 Å². The van der Waals surface area contributed by atoms with Gasteiger partial charge in [-0.2, -0.15) is 4.31 Å². The summed E-state index contributed by atoms with van der Waals surface area (Å²) in [5, 5.41) is 0. The third kappa shape index (κ3) is 3.06. The van der Waals surface area contributed by atoms with Crippen LogP contribution < -0.4 is 18.9 Å². The van der Waals surface area contributed by atoms with E-state index in [0.717, 1.165) is 29.9 Å². The van der Waals surface area contributed by atoms with Crippen molar-refractivity contribution in [1.29, 1.82) is 0 Å². The third-order valence-corrected chi connectivity index (χ3v) is 7.24. The van der Waals surface area contributed by atoms with Gasteiger partial charge in [-0.05, 0) is 42.2 Å². The Balaban J connectivity index is 1.37. The summed E-state index contributed by atoms with van der Waals surface area (Å²) in [6.07, 6.45) is 1.55. The van der Waals surface area contributed by atoms with E-state index in [-0.39, 0.29) is 17.6 Å². The first-order chi connectivity index (χ1) is 13.6. The number of fused-ring (bicyclic) bond motifs is 2. The van der Waals surface area contributed by atoms with Crippen LogP contribution in [0, 0.1) is 0 Å². The van der Waals surface area contributed by atoms with Gasteiger partial charge in [-0.3, -0.25) is 0 Å². The van der Waals surface area contributed by atoms with Gasteiger partial charge in [0.2, 0.25) is 16.8 Å². The van der Waals surface area contributed by atoms with E-state index in [4.69, 9.17) is 18.9 Å². The average molecular weight is 403 g/mol. The lowest BCUT2D eigenvalue weighted by atomic mass is 9.98. The van der Waals surface area contributed by atoms with Gasteiger partial charge in [0.25, 0.3) is 0 Å². The Morgan fingerprint density at radius 2 is 1.57 bits per heavy atom.